The Labute approximate surface area is 173 Å². The Balaban J connectivity index is 0.00000105. The molecule has 0 aromatic heterocycles. The molecular formula is C20H28Cl2N3Pd-. The number of halogens is 2. The molecule has 0 aliphatic carbocycles. The first-order chi connectivity index (χ1) is 12.3. The first kappa shape index (κ1) is 23.6. The van der Waals surface area contributed by atoms with Crippen LogP contribution in [-0.2, 0) is 15.9 Å². The molecule has 2 unspecified atom stereocenters. The van der Waals surface area contributed by atoms with Gasteiger partial charge in [-0.05, 0) is 61.1 Å². The van der Waals surface area contributed by atoms with Crippen molar-refractivity contribution in [3.05, 3.63) is 75.1 Å². The van der Waals surface area contributed by atoms with E-state index in [0.29, 0.717) is 13.1 Å². The van der Waals surface area contributed by atoms with Crippen molar-refractivity contribution >= 4 is 19.1 Å². The maximum absolute atomic E-state index is 6.35. The predicted molar refractivity (Wildman–Crippen MR) is 110 cm³/mol. The van der Waals surface area contributed by atoms with Gasteiger partial charge in [0.25, 0.3) is 0 Å². The van der Waals surface area contributed by atoms with Gasteiger partial charge in [0, 0.05) is 12.1 Å². The van der Waals surface area contributed by atoms with Gasteiger partial charge < -0.3 is 16.8 Å². The molecule has 0 saturated heterocycles. The predicted octanol–water partition coefficient (Wildman–Crippen LogP) is 5.37. The van der Waals surface area contributed by atoms with Crippen molar-refractivity contribution in [3.8, 4) is 0 Å². The van der Waals surface area contributed by atoms with Crippen molar-refractivity contribution < 1.29 is 15.9 Å². The Hall–Kier alpha value is -0.438. The van der Waals surface area contributed by atoms with Crippen molar-refractivity contribution in [1.29, 1.82) is 0 Å². The second-order valence-corrected chi connectivity index (χ2v) is 8.82. The van der Waals surface area contributed by atoms with Crippen molar-refractivity contribution in [2.24, 2.45) is 11.5 Å². The van der Waals surface area contributed by atoms with E-state index in [1.807, 2.05) is 0 Å². The summed E-state index contributed by atoms with van der Waals surface area (Å²) in [7, 11) is 9.63. The zero-order chi connectivity index (χ0) is 19.7. The van der Waals surface area contributed by atoms with E-state index >= 15 is 0 Å². The van der Waals surface area contributed by atoms with Crippen LogP contribution in [0.3, 0.4) is 0 Å². The number of nitrogens with zero attached hydrogens (tertiary/aromatic N) is 1. The van der Waals surface area contributed by atoms with E-state index in [0.717, 1.165) is 0 Å². The molecule has 0 bridgehead atoms. The molecule has 0 fully saturated rings. The average molecular weight is 488 g/mol. The third kappa shape index (κ3) is 6.94. The van der Waals surface area contributed by atoms with Crippen LogP contribution in [0, 0.1) is 27.7 Å². The van der Waals surface area contributed by atoms with Crippen LogP contribution < -0.4 is 11.5 Å². The molecule has 3 nitrogen and oxygen atoms in total. The van der Waals surface area contributed by atoms with Crippen LogP contribution in [0.1, 0.15) is 45.5 Å². The van der Waals surface area contributed by atoms with E-state index in [2.05, 4.69) is 69.4 Å². The van der Waals surface area contributed by atoms with Crippen LogP contribution in [0.15, 0.2) is 36.4 Å². The normalized spacial score (nSPS) is 13.1. The second-order valence-electron chi connectivity index (χ2n) is 6.46. The summed E-state index contributed by atoms with van der Waals surface area (Å²) >= 11 is -0.106. The summed E-state index contributed by atoms with van der Waals surface area (Å²) in [6, 6.07) is 12.4. The van der Waals surface area contributed by atoms with Crippen molar-refractivity contribution in [1.82, 2.24) is 0 Å². The molecule has 26 heavy (non-hydrogen) atoms. The first-order valence-corrected chi connectivity index (χ1v) is 12.4. The fourth-order valence-corrected chi connectivity index (χ4v) is 3.36. The van der Waals surface area contributed by atoms with Gasteiger partial charge in [0.2, 0.25) is 0 Å². The van der Waals surface area contributed by atoms with E-state index in [1.54, 1.807) is 0 Å². The fraction of sp³-hybridized carbons (Fsp3) is 0.400. The van der Waals surface area contributed by atoms with Gasteiger partial charge >= 0.3 is 35.0 Å². The molecule has 0 radical (unpaired) electrons. The maximum atomic E-state index is 6.35. The van der Waals surface area contributed by atoms with Crippen LogP contribution in [-0.4, -0.2) is 13.1 Å². The quantitative estimate of drug-likeness (QED) is 0.538. The summed E-state index contributed by atoms with van der Waals surface area (Å²) < 4.78 is 0. The van der Waals surface area contributed by atoms with Crippen LogP contribution >= 0.6 is 19.1 Å². The van der Waals surface area contributed by atoms with Crippen LogP contribution in [0.4, 0.5) is 0 Å². The van der Waals surface area contributed by atoms with E-state index in [4.69, 9.17) is 30.5 Å². The van der Waals surface area contributed by atoms with Gasteiger partial charge in [-0.15, -0.1) is 13.1 Å². The molecule has 0 heterocycles. The van der Waals surface area contributed by atoms with E-state index in [9.17, 15) is 0 Å². The molecular weight excluding hydrogens is 460 g/mol. The summed E-state index contributed by atoms with van der Waals surface area (Å²) in [6.07, 6.45) is 0. The Morgan fingerprint density at radius 1 is 0.769 bits per heavy atom. The molecule has 148 valence electrons. The number of rotatable bonds is 6. The molecule has 0 aliphatic heterocycles. The molecule has 2 atom stereocenters. The van der Waals surface area contributed by atoms with Gasteiger partial charge in [0.15, 0.2) is 0 Å². The van der Waals surface area contributed by atoms with E-state index in [1.165, 1.54) is 33.4 Å². The van der Waals surface area contributed by atoms with Gasteiger partial charge in [-0.3, -0.25) is 0 Å². The molecule has 2 aromatic rings. The van der Waals surface area contributed by atoms with Crippen molar-refractivity contribution in [3.63, 3.8) is 0 Å². The SMILES string of the molecule is Cc1cccc(C)c1C(N)C[N-]CC(N)c1c(C)cccc1C.[Cl][Pd][Cl]. The summed E-state index contributed by atoms with van der Waals surface area (Å²) in [6.45, 7) is 9.61. The van der Waals surface area contributed by atoms with Gasteiger partial charge in [-0.2, -0.15) is 0 Å². The topological polar surface area (TPSA) is 66.1 Å². The molecule has 0 amide bonds. The fourth-order valence-electron chi connectivity index (χ4n) is 3.36. The van der Waals surface area contributed by atoms with Gasteiger partial charge in [0.05, 0.1) is 0 Å². The van der Waals surface area contributed by atoms with Crippen molar-refractivity contribution in [2.45, 2.75) is 39.8 Å². The van der Waals surface area contributed by atoms with Crippen molar-refractivity contribution in [2.75, 3.05) is 13.1 Å². The summed E-state index contributed by atoms with van der Waals surface area (Å²) in [5.74, 6) is 0. The van der Waals surface area contributed by atoms with Crippen LogP contribution in [0.25, 0.3) is 5.32 Å². The molecule has 0 spiro atoms. The van der Waals surface area contributed by atoms with Crippen LogP contribution in [0.5, 0.6) is 0 Å². The zero-order valence-corrected chi connectivity index (χ0v) is 18.8. The molecule has 0 saturated carbocycles. The average Bonchev–Trinajstić information content (AvgIpc) is 2.55. The monoisotopic (exact) mass is 486 g/mol. The summed E-state index contributed by atoms with van der Waals surface area (Å²) in [5.41, 5.74) is 20.0. The Bertz CT molecular complexity index is 597. The molecule has 0 aliphatic rings. The summed E-state index contributed by atoms with van der Waals surface area (Å²) in [4.78, 5) is 0. The Morgan fingerprint density at radius 2 is 1.04 bits per heavy atom. The first-order valence-electron chi connectivity index (χ1n) is 8.42. The second kappa shape index (κ2) is 12.1. The van der Waals surface area contributed by atoms with Gasteiger partial charge in [-0.1, -0.05) is 36.4 Å². The van der Waals surface area contributed by atoms with Gasteiger partial charge in [-0.25, -0.2) is 0 Å². The minimum atomic E-state index is -0.106. The van der Waals surface area contributed by atoms with E-state index in [-0.39, 0.29) is 28.0 Å². The minimum absolute atomic E-state index is 0.0682. The standard InChI is InChI=1S/C20H28N3.2ClH.Pd/c1-13-7-5-8-14(2)19(13)17(21)11-23-12-18(22)20-15(3)9-6-10-16(20)4;;;/h5-10,17-18H,11-12,21-22H2,1-4H3;2*1H;/q-1;;;+2/p-2. The number of hydrogen-bond acceptors (Lipinski definition) is 2. The third-order valence-corrected chi connectivity index (χ3v) is 4.48. The molecule has 6 heteroatoms. The molecule has 4 N–H and O–H groups in total. The Morgan fingerprint density at radius 3 is 1.31 bits per heavy atom. The zero-order valence-electron chi connectivity index (χ0n) is 15.7. The number of nitrogens with two attached hydrogens (primary N) is 2. The number of aryl methyl sites for hydroxylation is 4. The number of benzene rings is 2. The molecule has 2 aromatic carbocycles. The van der Waals surface area contributed by atoms with E-state index < -0.39 is 0 Å². The van der Waals surface area contributed by atoms with Crippen LogP contribution in [0.2, 0.25) is 0 Å². The van der Waals surface area contributed by atoms with Gasteiger partial charge in [0.1, 0.15) is 0 Å². The Kier molecular flexibility index (Phi) is 11.0. The number of hydrogen-bond donors (Lipinski definition) is 2. The molecule has 2 rings (SSSR count). The third-order valence-electron chi connectivity index (χ3n) is 4.48. The summed E-state index contributed by atoms with van der Waals surface area (Å²) in [5, 5.41) is 4.64.